The Balaban J connectivity index is 1.54. The molecular weight excluding hydrogens is 438 g/mol. The lowest BCUT2D eigenvalue weighted by Crippen LogP contribution is -2.50. The first kappa shape index (κ1) is 20.9. The normalized spacial score (nSPS) is 16.8. The molecular formula is C24H19N5O3S. The number of amidine groups is 1. The maximum absolute atomic E-state index is 13.2. The van der Waals surface area contributed by atoms with Crippen LogP contribution in [-0.4, -0.2) is 21.0 Å². The highest BCUT2D eigenvalue weighted by atomic mass is 32.2. The number of carbonyl (C=O) groups excluding carboxylic acids is 1. The Labute approximate surface area is 193 Å². The number of para-hydroxylation sites is 1. The van der Waals surface area contributed by atoms with Gasteiger partial charge in [-0.1, -0.05) is 59.8 Å². The molecule has 1 amide bonds. The van der Waals surface area contributed by atoms with E-state index in [1.807, 2.05) is 43.3 Å². The number of amides is 1. The number of hydrogen-bond acceptors (Lipinski definition) is 7. The molecule has 3 aromatic rings. The third-order valence-electron chi connectivity index (χ3n) is 5.41. The first-order valence-corrected chi connectivity index (χ1v) is 11.3. The summed E-state index contributed by atoms with van der Waals surface area (Å²) in [5, 5.41) is 22.1. The second-order valence-corrected chi connectivity index (χ2v) is 8.66. The molecule has 33 heavy (non-hydrogen) atoms. The van der Waals surface area contributed by atoms with Gasteiger partial charge in [-0.15, -0.1) is 5.10 Å². The van der Waals surface area contributed by atoms with E-state index in [4.69, 9.17) is 10.1 Å². The van der Waals surface area contributed by atoms with Gasteiger partial charge in [-0.3, -0.25) is 25.2 Å². The van der Waals surface area contributed by atoms with Gasteiger partial charge in [-0.25, -0.2) is 5.01 Å². The molecule has 0 bridgehead atoms. The van der Waals surface area contributed by atoms with Gasteiger partial charge in [0.1, 0.15) is 5.70 Å². The fraction of sp³-hybridized carbons (Fsp3) is 0.125. The van der Waals surface area contributed by atoms with Gasteiger partial charge in [0.25, 0.3) is 11.6 Å². The number of nitro groups is 1. The number of benzene rings is 3. The standard InChI is InChI=1S/C24H19N5O3S/c1-15-6-8-16(9-7-15)14-33-24-26-23(30)21-19-4-2-3-5-20(19)25-22(28(21)27-24)17-10-12-18(13-11-17)29(31)32/h2-13,22H,14H2,1H3,(H,26,27,30)/t22-/m1/s1. The summed E-state index contributed by atoms with van der Waals surface area (Å²) >= 11 is 1.43. The van der Waals surface area contributed by atoms with Crippen LogP contribution in [0.5, 0.6) is 0 Å². The number of carbonyl (C=O) groups is 1. The zero-order valence-corrected chi connectivity index (χ0v) is 18.5. The van der Waals surface area contributed by atoms with Gasteiger partial charge in [0.2, 0.25) is 0 Å². The summed E-state index contributed by atoms with van der Waals surface area (Å²) in [6, 6.07) is 21.8. The third-order valence-corrected chi connectivity index (χ3v) is 6.35. The van der Waals surface area contributed by atoms with E-state index in [1.165, 1.54) is 29.5 Å². The van der Waals surface area contributed by atoms with Crippen LogP contribution >= 0.6 is 11.8 Å². The quantitative estimate of drug-likeness (QED) is 0.480. The van der Waals surface area contributed by atoms with E-state index < -0.39 is 11.1 Å². The van der Waals surface area contributed by atoms with Crippen molar-refractivity contribution in [2.75, 3.05) is 0 Å². The van der Waals surface area contributed by atoms with Crippen molar-refractivity contribution in [1.82, 2.24) is 10.3 Å². The van der Waals surface area contributed by atoms with Gasteiger partial charge in [-0.05, 0) is 36.2 Å². The lowest BCUT2D eigenvalue weighted by Gasteiger charge is -2.34. The van der Waals surface area contributed by atoms with Crippen LogP contribution in [0.4, 0.5) is 5.69 Å². The van der Waals surface area contributed by atoms with E-state index >= 15 is 0 Å². The Morgan fingerprint density at radius 3 is 2.52 bits per heavy atom. The lowest BCUT2D eigenvalue weighted by molar-refractivity contribution is -0.384. The van der Waals surface area contributed by atoms with E-state index in [0.29, 0.717) is 32.8 Å². The molecule has 0 unspecified atom stereocenters. The number of nitro benzene ring substituents is 1. The number of hydrazone groups is 1. The van der Waals surface area contributed by atoms with Crippen molar-refractivity contribution in [3.63, 3.8) is 0 Å². The van der Waals surface area contributed by atoms with E-state index in [9.17, 15) is 14.9 Å². The Morgan fingerprint density at radius 1 is 1.06 bits per heavy atom. The summed E-state index contributed by atoms with van der Waals surface area (Å²) in [4.78, 5) is 28.6. The molecule has 0 aliphatic carbocycles. The Morgan fingerprint density at radius 2 is 1.79 bits per heavy atom. The van der Waals surface area contributed by atoms with Crippen molar-refractivity contribution in [2.24, 2.45) is 10.1 Å². The summed E-state index contributed by atoms with van der Waals surface area (Å²) in [5.41, 5.74) is 3.41. The SMILES string of the molecule is Cc1ccc(CSC2=NN3C(=c4ccccc4=N[C@H]3c3ccc([N+](=O)[O-])cc3)C(=O)N2)cc1. The average Bonchev–Trinajstić information content (AvgIpc) is 2.83. The number of non-ortho nitro benzene ring substituents is 1. The molecule has 0 fully saturated rings. The Bertz CT molecular complexity index is 1400. The molecule has 3 aromatic carbocycles. The van der Waals surface area contributed by atoms with Crippen LogP contribution in [0.2, 0.25) is 0 Å². The van der Waals surface area contributed by atoms with Gasteiger partial charge >= 0.3 is 0 Å². The van der Waals surface area contributed by atoms with Crippen LogP contribution in [0.1, 0.15) is 22.9 Å². The number of nitrogens with zero attached hydrogens (tertiary/aromatic N) is 4. The summed E-state index contributed by atoms with van der Waals surface area (Å²) in [5.74, 6) is 0.393. The topological polar surface area (TPSA) is 100 Å². The predicted octanol–water partition coefficient (Wildman–Crippen LogP) is 2.98. The van der Waals surface area contributed by atoms with E-state index in [-0.39, 0.29) is 11.6 Å². The van der Waals surface area contributed by atoms with Gasteiger partial charge in [-0.2, -0.15) is 0 Å². The first-order chi connectivity index (χ1) is 16.0. The van der Waals surface area contributed by atoms with Crippen molar-refractivity contribution >= 4 is 34.2 Å². The molecule has 164 valence electrons. The number of hydrogen-bond donors (Lipinski definition) is 1. The molecule has 8 nitrogen and oxygen atoms in total. The summed E-state index contributed by atoms with van der Waals surface area (Å²) in [6.45, 7) is 2.04. The molecule has 9 heteroatoms. The largest absolute Gasteiger partial charge is 0.298 e. The van der Waals surface area contributed by atoms with Gasteiger partial charge < -0.3 is 0 Å². The number of rotatable bonds is 4. The van der Waals surface area contributed by atoms with Crippen molar-refractivity contribution in [2.45, 2.75) is 18.8 Å². The van der Waals surface area contributed by atoms with E-state index in [0.717, 1.165) is 5.56 Å². The second kappa shape index (κ2) is 8.51. The lowest BCUT2D eigenvalue weighted by atomic mass is 10.1. The molecule has 2 aliphatic heterocycles. The fourth-order valence-electron chi connectivity index (χ4n) is 3.71. The second-order valence-electron chi connectivity index (χ2n) is 7.70. The minimum absolute atomic E-state index is 0.00612. The van der Waals surface area contributed by atoms with Crippen LogP contribution in [0.15, 0.2) is 82.9 Å². The zero-order chi connectivity index (χ0) is 22.9. The van der Waals surface area contributed by atoms with Gasteiger partial charge in [0, 0.05) is 23.1 Å². The molecule has 2 aliphatic rings. The molecule has 1 atom stereocenters. The number of nitrogens with one attached hydrogen (secondary N) is 1. The highest BCUT2D eigenvalue weighted by Gasteiger charge is 2.34. The summed E-state index contributed by atoms with van der Waals surface area (Å²) in [7, 11) is 0. The molecule has 5 rings (SSSR count). The molecule has 0 aromatic heterocycles. The number of thioether (sulfide) groups is 1. The van der Waals surface area contributed by atoms with E-state index in [2.05, 4.69) is 17.4 Å². The highest BCUT2D eigenvalue weighted by molar-refractivity contribution is 8.13. The fourth-order valence-corrected chi connectivity index (χ4v) is 4.52. The monoisotopic (exact) mass is 457 g/mol. The average molecular weight is 458 g/mol. The van der Waals surface area contributed by atoms with Crippen molar-refractivity contribution in [3.05, 3.63) is 110 Å². The molecule has 0 saturated heterocycles. The van der Waals surface area contributed by atoms with Crippen LogP contribution in [0, 0.1) is 17.0 Å². The van der Waals surface area contributed by atoms with Gasteiger partial charge in [0.05, 0.1) is 10.3 Å². The first-order valence-electron chi connectivity index (χ1n) is 10.3. The minimum Gasteiger partial charge on any atom is -0.298 e. The van der Waals surface area contributed by atoms with E-state index in [1.54, 1.807) is 17.1 Å². The third kappa shape index (κ3) is 4.10. The molecule has 2 heterocycles. The van der Waals surface area contributed by atoms with Crippen LogP contribution < -0.4 is 15.9 Å². The smallest absolute Gasteiger partial charge is 0.276 e. The van der Waals surface area contributed by atoms with Crippen molar-refractivity contribution < 1.29 is 9.72 Å². The minimum atomic E-state index is -0.614. The highest BCUT2D eigenvalue weighted by Crippen LogP contribution is 2.32. The maximum Gasteiger partial charge on any atom is 0.276 e. The molecule has 0 spiro atoms. The Hall–Kier alpha value is -3.98. The summed E-state index contributed by atoms with van der Waals surface area (Å²) in [6.07, 6.45) is -0.614. The Kier molecular flexibility index (Phi) is 5.39. The van der Waals surface area contributed by atoms with Crippen LogP contribution in [0.3, 0.4) is 0 Å². The zero-order valence-electron chi connectivity index (χ0n) is 17.6. The number of aryl methyl sites for hydroxylation is 1. The van der Waals surface area contributed by atoms with Crippen LogP contribution in [-0.2, 0) is 10.5 Å². The molecule has 0 radical (unpaired) electrons. The summed E-state index contributed by atoms with van der Waals surface area (Å²) < 4.78 is 0. The van der Waals surface area contributed by atoms with Gasteiger partial charge in [0.15, 0.2) is 11.3 Å². The van der Waals surface area contributed by atoms with Crippen molar-refractivity contribution in [3.8, 4) is 0 Å². The molecule has 0 saturated carbocycles. The molecule has 1 N–H and O–H groups in total. The predicted molar refractivity (Wildman–Crippen MR) is 126 cm³/mol. The van der Waals surface area contributed by atoms with Crippen LogP contribution in [0.25, 0.3) is 5.70 Å². The maximum atomic E-state index is 13.2. The van der Waals surface area contributed by atoms with Crippen molar-refractivity contribution in [1.29, 1.82) is 0 Å². The number of fused-ring (bicyclic) bond motifs is 2.